The van der Waals surface area contributed by atoms with Crippen LogP contribution < -0.4 is 16.4 Å². The Morgan fingerprint density at radius 2 is 2.00 bits per heavy atom. The van der Waals surface area contributed by atoms with E-state index in [0.29, 0.717) is 17.9 Å². The molecule has 5 heteroatoms. The second-order valence-electron chi connectivity index (χ2n) is 5.27. The Labute approximate surface area is 103 Å². The van der Waals surface area contributed by atoms with E-state index in [1.165, 1.54) is 12.8 Å². The molecule has 0 aliphatic heterocycles. The summed E-state index contributed by atoms with van der Waals surface area (Å²) in [5.41, 5.74) is 4.93. The smallest absolute Gasteiger partial charge is 0.319 e. The lowest BCUT2D eigenvalue weighted by molar-refractivity contribution is -0.715. The van der Waals surface area contributed by atoms with Crippen molar-refractivity contribution in [2.24, 2.45) is 17.6 Å². The van der Waals surface area contributed by atoms with Crippen molar-refractivity contribution in [1.29, 1.82) is 0 Å². The predicted octanol–water partition coefficient (Wildman–Crippen LogP) is -0.0421. The topological polar surface area (TPSA) is 88.8 Å². The summed E-state index contributed by atoms with van der Waals surface area (Å²) in [7, 11) is 0. The van der Waals surface area contributed by atoms with Gasteiger partial charge in [0.05, 0.1) is 6.04 Å². The summed E-state index contributed by atoms with van der Waals surface area (Å²) >= 11 is 0. The van der Waals surface area contributed by atoms with E-state index in [9.17, 15) is 9.59 Å². The minimum atomic E-state index is -0.777. The number of quaternary nitrogens is 1. The molecule has 1 rings (SSSR count). The molecule has 5 N–H and O–H groups in total. The largest absolute Gasteiger partial charge is 0.351 e. The first-order valence-electron chi connectivity index (χ1n) is 6.37. The van der Waals surface area contributed by atoms with E-state index in [0.717, 1.165) is 6.42 Å². The van der Waals surface area contributed by atoms with Crippen LogP contribution in [-0.4, -0.2) is 24.0 Å². The molecular weight excluding hydrogens is 218 g/mol. The SMILES string of the molecule is C[C@@H]1[C@H](C)CCC[C@@H]1[NH2+][C@@H](C)C(=O)NC(N)=O. The number of amides is 3. The Hall–Kier alpha value is -1.10. The summed E-state index contributed by atoms with van der Waals surface area (Å²) in [6.07, 6.45) is 3.63. The number of hydrogen-bond donors (Lipinski definition) is 3. The highest BCUT2D eigenvalue weighted by molar-refractivity contribution is 5.95. The quantitative estimate of drug-likeness (QED) is 0.648. The molecule has 0 unspecified atom stereocenters. The van der Waals surface area contributed by atoms with Crippen molar-refractivity contribution in [2.45, 2.75) is 52.1 Å². The number of rotatable bonds is 3. The normalized spacial score (nSPS) is 30.6. The molecule has 1 saturated carbocycles. The van der Waals surface area contributed by atoms with Gasteiger partial charge in [-0.1, -0.05) is 13.8 Å². The molecule has 0 saturated heterocycles. The number of hydrogen-bond acceptors (Lipinski definition) is 2. The lowest BCUT2D eigenvalue weighted by Crippen LogP contribution is -2.98. The first-order valence-corrected chi connectivity index (χ1v) is 6.37. The third-order valence-electron chi connectivity index (χ3n) is 3.97. The van der Waals surface area contributed by atoms with Gasteiger partial charge in [-0.2, -0.15) is 0 Å². The van der Waals surface area contributed by atoms with Crippen molar-refractivity contribution in [2.75, 3.05) is 0 Å². The maximum absolute atomic E-state index is 11.6. The van der Waals surface area contributed by atoms with Crippen molar-refractivity contribution in [3.05, 3.63) is 0 Å². The molecule has 0 aromatic rings. The molecule has 1 fully saturated rings. The van der Waals surface area contributed by atoms with Crippen molar-refractivity contribution >= 4 is 11.9 Å². The monoisotopic (exact) mass is 242 g/mol. The molecule has 0 heterocycles. The molecule has 1 aliphatic carbocycles. The number of primary amides is 1. The summed E-state index contributed by atoms with van der Waals surface area (Å²) in [6, 6.07) is -0.576. The highest BCUT2D eigenvalue weighted by atomic mass is 16.2. The van der Waals surface area contributed by atoms with Crippen LogP contribution in [0.1, 0.15) is 40.0 Å². The van der Waals surface area contributed by atoms with E-state index in [-0.39, 0.29) is 11.9 Å². The Morgan fingerprint density at radius 1 is 1.35 bits per heavy atom. The molecule has 4 atom stereocenters. The highest BCUT2D eigenvalue weighted by Crippen LogP contribution is 2.27. The van der Waals surface area contributed by atoms with Gasteiger partial charge in [0.2, 0.25) is 0 Å². The van der Waals surface area contributed by atoms with Gasteiger partial charge in [0.15, 0.2) is 6.04 Å². The van der Waals surface area contributed by atoms with Crippen molar-refractivity contribution in [3.8, 4) is 0 Å². The first-order chi connectivity index (χ1) is 7.91. The van der Waals surface area contributed by atoms with Gasteiger partial charge in [-0.3, -0.25) is 10.1 Å². The minimum Gasteiger partial charge on any atom is -0.351 e. The Balaban J connectivity index is 2.47. The predicted molar refractivity (Wildman–Crippen MR) is 65.1 cm³/mol. The zero-order valence-electron chi connectivity index (χ0n) is 10.9. The van der Waals surface area contributed by atoms with Gasteiger partial charge >= 0.3 is 6.03 Å². The molecular formula is C12H24N3O2+. The van der Waals surface area contributed by atoms with E-state index in [1.807, 2.05) is 6.92 Å². The summed E-state index contributed by atoms with van der Waals surface area (Å²) in [5.74, 6) is 1.01. The second-order valence-corrected chi connectivity index (χ2v) is 5.27. The van der Waals surface area contributed by atoms with Gasteiger partial charge < -0.3 is 11.1 Å². The number of carbonyl (C=O) groups is 2. The third-order valence-corrected chi connectivity index (χ3v) is 3.97. The number of carbonyl (C=O) groups excluding carboxylic acids is 2. The van der Waals surface area contributed by atoms with E-state index >= 15 is 0 Å². The standard InChI is InChI=1S/C12H23N3O2/c1-7-5-4-6-10(8(7)2)14-9(3)11(16)15-12(13)17/h7-10,14H,4-6H2,1-3H3,(H3,13,15,16,17)/p+1/t7-,8-,9+,10+/m1/s1. The zero-order valence-corrected chi connectivity index (χ0v) is 10.9. The Bertz CT molecular complexity index is 293. The molecule has 1 aliphatic rings. The van der Waals surface area contributed by atoms with E-state index < -0.39 is 6.03 Å². The molecule has 0 bridgehead atoms. The second kappa shape index (κ2) is 6.00. The van der Waals surface area contributed by atoms with Gasteiger partial charge in [-0.15, -0.1) is 0 Å². The van der Waals surface area contributed by atoms with Crippen LogP contribution >= 0.6 is 0 Å². The fourth-order valence-electron chi connectivity index (χ4n) is 2.59. The summed E-state index contributed by atoms with van der Waals surface area (Å²) in [4.78, 5) is 22.2. The molecule has 3 amide bonds. The Morgan fingerprint density at radius 3 is 2.59 bits per heavy atom. The number of imide groups is 1. The van der Waals surface area contributed by atoms with Crippen LogP contribution in [0.3, 0.4) is 0 Å². The molecule has 0 aromatic heterocycles. The molecule has 17 heavy (non-hydrogen) atoms. The molecule has 0 radical (unpaired) electrons. The first kappa shape index (κ1) is 14.0. The highest BCUT2D eigenvalue weighted by Gasteiger charge is 2.32. The summed E-state index contributed by atoms with van der Waals surface area (Å²) in [5, 5.41) is 4.19. The molecule has 5 nitrogen and oxygen atoms in total. The third kappa shape index (κ3) is 4.00. The van der Waals surface area contributed by atoms with Crippen LogP contribution in [0, 0.1) is 11.8 Å². The minimum absolute atomic E-state index is 0.264. The lowest BCUT2D eigenvalue weighted by Gasteiger charge is -2.33. The fourth-order valence-corrected chi connectivity index (χ4v) is 2.59. The lowest BCUT2D eigenvalue weighted by atomic mass is 9.78. The van der Waals surface area contributed by atoms with Gasteiger partial charge in [-0.25, -0.2) is 4.79 Å². The van der Waals surface area contributed by atoms with Crippen molar-refractivity contribution < 1.29 is 14.9 Å². The van der Waals surface area contributed by atoms with Crippen LogP contribution in [0.5, 0.6) is 0 Å². The summed E-state index contributed by atoms with van der Waals surface area (Å²) < 4.78 is 0. The Kier molecular flexibility index (Phi) is 4.93. The van der Waals surface area contributed by atoms with E-state index in [2.05, 4.69) is 24.5 Å². The molecule has 98 valence electrons. The van der Waals surface area contributed by atoms with Gasteiger partial charge in [0.1, 0.15) is 0 Å². The number of nitrogens with one attached hydrogen (secondary N) is 1. The van der Waals surface area contributed by atoms with Crippen LogP contribution in [0.2, 0.25) is 0 Å². The van der Waals surface area contributed by atoms with Gasteiger partial charge in [0, 0.05) is 5.92 Å². The van der Waals surface area contributed by atoms with Gasteiger partial charge in [0.25, 0.3) is 5.91 Å². The van der Waals surface area contributed by atoms with Crippen molar-refractivity contribution in [3.63, 3.8) is 0 Å². The van der Waals surface area contributed by atoms with E-state index in [1.54, 1.807) is 0 Å². The van der Waals surface area contributed by atoms with Gasteiger partial charge in [-0.05, 0) is 32.1 Å². The van der Waals surface area contributed by atoms with Crippen LogP contribution in [-0.2, 0) is 4.79 Å². The van der Waals surface area contributed by atoms with Crippen LogP contribution in [0.4, 0.5) is 4.79 Å². The zero-order chi connectivity index (χ0) is 13.0. The van der Waals surface area contributed by atoms with Crippen molar-refractivity contribution in [1.82, 2.24) is 5.32 Å². The van der Waals surface area contributed by atoms with Crippen LogP contribution in [0.25, 0.3) is 0 Å². The fraction of sp³-hybridized carbons (Fsp3) is 0.833. The maximum atomic E-state index is 11.6. The summed E-state index contributed by atoms with van der Waals surface area (Å²) in [6.45, 7) is 6.31. The molecule has 0 aromatic carbocycles. The van der Waals surface area contributed by atoms with E-state index in [4.69, 9.17) is 5.73 Å². The average Bonchev–Trinajstić information content (AvgIpc) is 2.23. The molecule has 0 spiro atoms. The number of nitrogens with two attached hydrogens (primary N) is 2. The maximum Gasteiger partial charge on any atom is 0.319 e. The number of urea groups is 1. The average molecular weight is 242 g/mol. The van der Waals surface area contributed by atoms with Crippen LogP contribution in [0.15, 0.2) is 0 Å².